The summed E-state index contributed by atoms with van der Waals surface area (Å²) in [6, 6.07) is 13.4. The summed E-state index contributed by atoms with van der Waals surface area (Å²) < 4.78 is 16.5. The van der Waals surface area contributed by atoms with Gasteiger partial charge in [0, 0.05) is 12.1 Å². The standard InChI is InChI=1S/C27H25N3O8S/c1-4-16(2)24-23(36-3)22(27(33)38-14-17-10-12-18(13-11-17)30(34)35)29-25(32)21(26(29)39-24)28-20(31)15-37-19-8-6-5-7-9-19/h5-13,21,24,26H,1,14-15H2,2-3H3,(H,28,31)/t21-,24-,26-/m1/s1. The molecule has 3 atom stereocenters. The van der Waals surface area contributed by atoms with Gasteiger partial charge in [-0.2, -0.15) is 0 Å². The molecular weight excluding hydrogens is 526 g/mol. The number of ether oxygens (including phenoxy) is 3. The average molecular weight is 552 g/mol. The third-order valence-electron chi connectivity index (χ3n) is 6.06. The van der Waals surface area contributed by atoms with E-state index in [9.17, 15) is 24.5 Å². The number of fused-ring (bicyclic) bond motifs is 1. The molecule has 2 aromatic carbocycles. The van der Waals surface area contributed by atoms with Gasteiger partial charge in [0.2, 0.25) is 0 Å². The van der Waals surface area contributed by atoms with Gasteiger partial charge in [-0.1, -0.05) is 24.8 Å². The van der Waals surface area contributed by atoms with Gasteiger partial charge in [-0.25, -0.2) is 4.79 Å². The lowest BCUT2D eigenvalue weighted by Gasteiger charge is -2.51. The fourth-order valence-corrected chi connectivity index (χ4v) is 5.59. The zero-order valence-corrected chi connectivity index (χ0v) is 21.9. The van der Waals surface area contributed by atoms with E-state index in [1.54, 1.807) is 31.2 Å². The molecule has 0 spiro atoms. The molecule has 1 N–H and O–H groups in total. The molecule has 2 amide bonds. The molecule has 2 heterocycles. The number of carbonyl (C=O) groups is 3. The Balaban J connectivity index is 1.51. The first kappa shape index (κ1) is 27.5. The molecule has 0 aromatic heterocycles. The first-order valence-electron chi connectivity index (χ1n) is 11.8. The minimum absolute atomic E-state index is 0.0844. The van der Waals surface area contributed by atoms with Crippen molar-refractivity contribution in [3.63, 3.8) is 0 Å². The zero-order chi connectivity index (χ0) is 28.1. The second-order valence-corrected chi connectivity index (χ2v) is 9.76. The van der Waals surface area contributed by atoms with Crippen LogP contribution in [-0.2, 0) is 30.5 Å². The summed E-state index contributed by atoms with van der Waals surface area (Å²) >= 11 is 1.31. The number of esters is 1. The summed E-state index contributed by atoms with van der Waals surface area (Å²) in [4.78, 5) is 50.6. The highest BCUT2D eigenvalue weighted by molar-refractivity contribution is 8.01. The lowest BCUT2D eigenvalue weighted by molar-refractivity contribution is -0.384. The molecule has 2 aliphatic heterocycles. The summed E-state index contributed by atoms with van der Waals surface area (Å²) in [7, 11) is 1.38. The normalized spacial score (nSPS) is 19.7. The Bertz CT molecular complexity index is 1370. The number of amides is 2. The lowest BCUT2D eigenvalue weighted by atomic mass is 10.0. The van der Waals surface area contributed by atoms with Crippen molar-refractivity contribution in [2.75, 3.05) is 13.7 Å². The van der Waals surface area contributed by atoms with Crippen molar-refractivity contribution in [3.05, 3.63) is 99.6 Å². The minimum Gasteiger partial charge on any atom is -0.497 e. The fraction of sp³-hybridized carbons (Fsp3) is 0.259. The maximum Gasteiger partial charge on any atom is 0.359 e. The SMILES string of the molecule is C=C=C(C)[C@H]1S[C@@H]2[C@H](NC(=O)COc3ccccc3)C(=O)N2C(C(=O)OCc2ccc([N+](=O)[O-])cc2)=C1OC. The van der Waals surface area contributed by atoms with Crippen LogP contribution in [0, 0.1) is 10.1 Å². The number of carbonyl (C=O) groups excluding carboxylic acids is 3. The molecule has 0 unspecified atom stereocenters. The van der Waals surface area contributed by atoms with E-state index < -0.39 is 39.4 Å². The van der Waals surface area contributed by atoms with Crippen molar-refractivity contribution in [1.29, 1.82) is 0 Å². The van der Waals surface area contributed by atoms with Gasteiger partial charge >= 0.3 is 5.97 Å². The molecule has 4 rings (SSSR count). The van der Waals surface area contributed by atoms with E-state index in [2.05, 4.69) is 17.6 Å². The predicted molar refractivity (Wildman–Crippen MR) is 141 cm³/mol. The molecule has 2 aliphatic rings. The number of methoxy groups -OCH3 is 1. The van der Waals surface area contributed by atoms with Crippen molar-refractivity contribution in [2.45, 2.75) is 30.2 Å². The molecule has 39 heavy (non-hydrogen) atoms. The molecule has 11 nitrogen and oxygen atoms in total. The van der Waals surface area contributed by atoms with Crippen LogP contribution in [0.2, 0.25) is 0 Å². The Morgan fingerprint density at radius 3 is 2.49 bits per heavy atom. The summed E-state index contributed by atoms with van der Waals surface area (Å²) in [6.45, 7) is 4.97. The number of benzene rings is 2. The number of hydrogen-bond donors (Lipinski definition) is 1. The van der Waals surface area contributed by atoms with Crippen LogP contribution in [-0.4, -0.2) is 58.0 Å². The topological polar surface area (TPSA) is 137 Å². The van der Waals surface area contributed by atoms with Gasteiger partial charge in [0.25, 0.3) is 17.5 Å². The Kier molecular flexibility index (Phi) is 8.38. The van der Waals surface area contributed by atoms with Crippen LogP contribution in [0.5, 0.6) is 5.75 Å². The lowest BCUT2D eigenvalue weighted by Crippen LogP contribution is -2.71. The maximum absolute atomic E-state index is 13.3. The fourth-order valence-electron chi connectivity index (χ4n) is 4.02. The van der Waals surface area contributed by atoms with Gasteiger partial charge in [-0.05, 0) is 42.3 Å². The molecule has 1 fully saturated rings. The summed E-state index contributed by atoms with van der Waals surface area (Å²) in [5, 5.41) is 12.4. The van der Waals surface area contributed by atoms with Gasteiger partial charge in [0.1, 0.15) is 29.5 Å². The number of nitrogens with one attached hydrogen (secondary N) is 1. The van der Waals surface area contributed by atoms with Crippen LogP contribution in [0.25, 0.3) is 0 Å². The summed E-state index contributed by atoms with van der Waals surface area (Å²) in [5.41, 5.74) is 3.81. The number of β-lactam (4-membered cyclic amide) rings is 1. The summed E-state index contributed by atoms with van der Waals surface area (Å²) in [5.74, 6) is -1.10. The number of nitro benzene ring substituents is 1. The average Bonchev–Trinajstić information content (AvgIpc) is 2.96. The Labute approximate surface area is 228 Å². The van der Waals surface area contributed by atoms with Crippen molar-refractivity contribution in [2.24, 2.45) is 0 Å². The number of thioether (sulfide) groups is 1. The monoisotopic (exact) mass is 551 g/mol. The van der Waals surface area contributed by atoms with Crippen LogP contribution in [0.4, 0.5) is 5.69 Å². The number of non-ortho nitro benzene ring substituents is 1. The smallest absolute Gasteiger partial charge is 0.359 e. The van der Waals surface area contributed by atoms with Crippen LogP contribution < -0.4 is 10.1 Å². The highest BCUT2D eigenvalue weighted by Crippen LogP contribution is 2.46. The van der Waals surface area contributed by atoms with Crippen LogP contribution >= 0.6 is 11.8 Å². The Hall–Kier alpha value is -4.54. The van der Waals surface area contributed by atoms with E-state index >= 15 is 0 Å². The number of rotatable bonds is 10. The van der Waals surface area contributed by atoms with Gasteiger partial charge in [-0.15, -0.1) is 17.5 Å². The summed E-state index contributed by atoms with van der Waals surface area (Å²) in [6.07, 6.45) is 0. The first-order chi connectivity index (χ1) is 18.7. The molecule has 0 saturated carbocycles. The second kappa shape index (κ2) is 11.9. The quantitative estimate of drug-likeness (QED) is 0.155. The molecular formula is C27H25N3O8S. The maximum atomic E-state index is 13.3. The Morgan fingerprint density at radius 2 is 1.87 bits per heavy atom. The van der Waals surface area contributed by atoms with Crippen molar-refractivity contribution < 1.29 is 33.5 Å². The van der Waals surface area contributed by atoms with E-state index in [0.29, 0.717) is 16.9 Å². The molecule has 0 radical (unpaired) electrons. The molecule has 0 aliphatic carbocycles. The third-order valence-corrected chi connectivity index (χ3v) is 7.66. The number of nitro groups is 1. The van der Waals surface area contributed by atoms with Crippen molar-refractivity contribution in [1.82, 2.24) is 10.2 Å². The van der Waals surface area contributed by atoms with Gasteiger partial charge in [0.15, 0.2) is 12.3 Å². The van der Waals surface area contributed by atoms with E-state index in [1.807, 2.05) is 6.07 Å². The molecule has 202 valence electrons. The van der Waals surface area contributed by atoms with Crippen LogP contribution in [0.1, 0.15) is 12.5 Å². The third kappa shape index (κ3) is 5.82. The van der Waals surface area contributed by atoms with E-state index in [0.717, 1.165) is 0 Å². The van der Waals surface area contributed by atoms with Crippen LogP contribution in [0.15, 0.2) is 83.9 Å². The van der Waals surface area contributed by atoms with Gasteiger partial charge in [-0.3, -0.25) is 24.6 Å². The first-order valence-corrected chi connectivity index (χ1v) is 12.7. The second-order valence-electron chi connectivity index (χ2n) is 8.54. The minimum atomic E-state index is -0.905. The van der Waals surface area contributed by atoms with Gasteiger partial charge in [0.05, 0.1) is 17.3 Å². The highest BCUT2D eigenvalue weighted by atomic mass is 32.2. The zero-order valence-electron chi connectivity index (χ0n) is 21.1. The predicted octanol–water partition coefficient (Wildman–Crippen LogP) is 3.07. The Morgan fingerprint density at radius 1 is 1.18 bits per heavy atom. The number of hydrogen-bond acceptors (Lipinski definition) is 9. The molecule has 0 bridgehead atoms. The largest absolute Gasteiger partial charge is 0.497 e. The molecule has 2 aromatic rings. The van der Waals surface area contributed by atoms with Crippen molar-refractivity contribution >= 4 is 35.2 Å². The number of para-hydroxylation sites is 1. The van der Waals surface area contributed by atoms with Crippen molar-refractivity contribution in [3.8, 4) is 5.75 Å². The van der Waals surface area contributed by atoms with E-state index in [1.165, 1.54) is 48.0 Å². The van der Waals surface area contributed by atoms with Crippen LogP contribution in [0.3, 0.4) is 0 Å². The molecule has 1 saturated heterocycles. The highest BCUT2D eigenvalue weighted by Gasteiger charge is 2.57. The van der Waals surface area contributed by atoms with E-state index in [-0.39, 0.29) is 30.4 Å². The molecule has 12 heteroatoms. The van der Waals surface area contributed by atoms with E-state index in [4.69, 9.17) is 14.2 Å². The number of nitrogens with zero attached hydrogens (tertiary/aromatic N) is 2. The van der Waals surface area contributed by atoms with Gasteiger partial charge < -0.3 is 19.5 Å².